The number of Topliss-reactive ketones (excluding diaryl/α,β-unsaturated/α-hetero) is 1. The lowest BCUT2D eigenvalue weighted by atomic mass is 10.2. The number of ether oxygens (including phenoxy) is 1. The average molecular weight is 531 g/mol. The number of pyridine rings is 1. The summed E-state index contributed by atoms with van der Waals surface area (Å²) in [6.07, 6.45) is -3.55. The van der Waals surface area contributed by atoms with Gasteiger partial charge in [-0.1, -0.05) is 36.9 Å². The molecule has 1 aromatic heterocycles. The maximum atomic E-state index is 14.8. The van der Waals surface area contributed by atoms with E-state index < -0.39 is 41.2 Å². The highest BCUT2D eigenvalue weighted by Gasteiger charge is 2.43. The van der Waals surface area contributed by atoms with Gasteiger partial charge in [-0.3, -0.25) is 19.5 Å². The number of amides is 1. The minimum atomic E-state index is -4.92. The number of carbonyl (C=O) groups excluding carboxylic acids is 2. The molecule has 186 valence electrons. The van der Waals surface area contributed by atoms with Gasteiger partial charge in [0.2, 0.25) is 5.88 Å². The second-order valence-corrected chi connectivity index (χ2v) is 8.75. The van der Waals surface area contributed by atoms with Crippen LogP contribution in [0.4, 0.5) is 23.2 Å². The van der Waals surface area contributed by atoms with Crippen molar-refractivity contribution in [3.63, 3.8) is 0 Å². The molecule has 0 saturated heterocycles. The van der Waals surface area contributed by atoms with E-state index in [1.807, 2.05) is 0 Å². The second-order valence-electron chi connectivity index (χ2n) is 7.26. The first-order valence-corrected chi connectivity index (χ1v) is 11.2. The Morgan fingerprint density at radius 2 is 2.03 bits per heavy atom. The number of hydrazine groups is 1. The summed E-state index contributed by atoms with van der Waals surface area (Å²) in [6.45, 7) is 6.57. The van der Waals surface area contributed by atoms with Crippen LogP contribution in [0.25, 0.3) is 0 Å². The minimum Gasteiger partial charge on any atom is -0.466 e. The fourth-order valence-electron chi connectivity index (χ4n) is 3.12. The van der Waals surface area contributed by atoms with Crippen LogP contribution in [0.15, 0.2) is 64.4 Å². The largest absolute Gasteiger partial charge is 0.466 e. The Hall–Kier alpha value is -3.09. The number of rotatable bonds is 7. The summed E-state index contributed by atoms with van der Waals surface area (Å²) in [5.74, 6) is 2.63. The van der Waals surface area contributed by atoms with Gasteiger partial charge < -0.3 is 4.74 Å². The summed E-state index contributed by atoms with van der Waals surface area (Å²) in [4.78, 5) is 29.7. The van der Waals surface area contributed by atoms with E-state index in [4.69, 9.17) is 22.2 Å². The fraction of sp³-hybridized carbons (Fsp3) is 0.227. The number of anilines is 1. The van der Waals surface area contributed by atoms with E-state index in [1.165, 1.54) is 19.2 Å². The number of carbonyl (C=O) groups is 2. The van der Waals surface area contributed by atoms with Crippen molar-refractivity contribution in [2.45, 2.75) is 42.3 Å². The number of benzene rings is 1. The van der Waals surface area contributed by atoms with Crippen LogP contribution in [0.2, 0.25) is 5.02 Å². The number of ketones is 1. The Labute approximate surface area is 207 Å². The third-order valence-electron chi connectivity index (χ3n) is 4.84. The molecule has 3 rings (SSSR count). The third kappa shape index (κ3) is 5.60. The highest BCUT2D eigenvalue weighted by molar-refractivity contribution is 7.99. The van der Waals surface area contributed by atoms with Crippen LogP contribution in [0.5, 0.6) is 5.88 Å². The molecule has 1 atom stereocenters. The van der Waals surface area contributed by atoms with Crippen molar-refractivity contribution in [1.29, 1.82) is 0 Å². The average Bonchev–Trinajstić information content (AvgIpc) is 2.77. The lowest BCUT2D eigenvalue weighted by molar-refractivity contribution is -0.124. The molecule has 0 aliphatic carbocycles. The molecule has 1 aliphatic rings. The Bertz CT molecular complexity index is 1220. The molecule has 2 N–H and O–H groups in total. The number of nitrogens with two attached hydrogens (primary N) is 1. The van der Waals surface area contributed by atoms with E-state index in [-0.39, 0.29) is 32.7 Å². The van der Waals surface area contributed by atoms with E-state index in [0.29, 0.717) is 16.2 Å². The smallest absolute Gasteiger partial charge is 0.433 e. The standard InChI is InChI=1S/C22H19ClF4N4O3S/c1-4-16(11(2)32)34-21-17(6-5-7-29-21)35-18-9-15(14(24)8-13(18)23)30-12(3)31(28)19(10-20(30)33)22(25,26)27/h5-10,16H,3-4,28H2,1-2H3. The lowest BCUT2D eigenvalue weighted by Crippen LogP contribution is -2.49. The van der Waals surface area contributed by atoms with Gasteiger partial charge in [0.05, 0.1) is 15.6 Å². The van der Waals surface area contributed by atoms with E-state index >= 15 is 0 Å². The lowest BCUT2D eigenvalue weighted by Gasteiger charge is -2.36. The maximum absolute atomic E-state index is 14.8. The molecule has 0 fully saturated rings. The van der Waals surface area contributed by atoms with Crippen molar-refractivity contribution in [2.75, 3.05) is 4.90 Å². The SMILES string of the molecule is C=C1N(N)C(C(F)(F)F)=CC(=O)N1c1cc(Sc2cccnc2OC(CC)C(C)=O)c(Cl)cc1F. The Kier molecular flexibility index (Phi) is 7.77. The molecular weight excluding hydrogens is 512 g/mol. The van der Waals surface area contributed by atoms with Crippen molar-refractivity contribution in [3.05, 3.63) is 65.5 Å². The summed E-state index contributed by atoms with van der Waals surface area (Å²) in [5, 5.41) is 0.109. The highest BCUT2D eigenvalue weighted by Crippen LogP contribution is 2.42. The number of halogens is 5. The Morgan fingerprint density at radius 1 is 1.34 bits per heavy atom. The van der Waals surface area contributed by atoms with Crippen LogP contribution in [0, 0.1) is 5.82 Å². The molecule has 2 aromatic rings. The number of hydrogen-bond acceptors (Lipinski definition) is 7. The minimum absolute atomic E-state index is 0.0455. The summed E-state index contributed by atoms with van der Waals surface area (Å²) in [7, 11) is 0. The molecule has 1 aromatic carbocycles. The van der Waals surface area contributed by atoms with Crippen LogP contribution in [-0.4, -0.2) is 34.0 Å². The number of hydrogen-bond donors (Lipinski definition) is 1. The molecule has 0 radical (unpaired) electrons. The van der Waals surface area contributed by atoms with Crippen LogP contribution in [0.3, 0.4) is 0 Å². The van der Waals surface area contributed by atoms with Gasteiger partial charge in [-0.2, -0.15) is 13.2 Å². The molecule has 0 bridgehead atoms. The van der Waals surface area contributed by atoms with Gasteiger partial charge in [0, 0.05) is 17.2 Å². The quantitative estimate of drug-likeness (QED) is 0.388. The van der Waals surface area contributed by atoms with E-state index in [2.05, 4.69) is 11.6 Å². The molecule has 1 unspecified atom stereocenters. The molecule has 1 aliphatic heterocycles. The van der Waals surface area contributed by atoms with Crippen LogP contribution >= 0.6 is 23.4 Å². The first-order chi connectivity index (χ1) is 16.3. The van der Waals surface area contributed by atoms with Crippen molar-refractivity contribution in [3.8, 4) is 5.88 Å². The normalized spacial score (nSPS) is 15.3. The topological polar surface area (TPSA) is 88.8 Å². The molecule has 1 amide bonds. The van der Waals surface area contributed by atoms with Gasteiger partial charge in [0.15, 0.2) is 11.9 Å². The predicted octanol–water partition coefficient (Wildman–Crippen LogP) is 5.21. The summed E-state index contributed by atoms with van der Waals surface area (Å²) in [6, 6.07) is 5.31. The zero-order valence-corrected chi connectivity index (χ0v) is 20.0. The fourth-order valence-corrected chi connectivity index (χ4v) is 4.28. The maximum Gasteiger partial charge on any atom is 0.433 e. The molecular formula is C22H19ClF4N4O3S. The monoisotopic (exact) mass is 530 g/mol. The van der Waals surface area contributed by atoms with E-state index in [9.17, 15) is 27.2 Å². The molecule has 35 heavy (non-hydrogen) atoms. The van der Waals surface area contributed by atoms with Crippen molar-refractivity contribution < 1.29 is 31.9 Å². The molecule has 7 nitrogen and oxygen atoms in total. The van der Waals surface area contributed by atoms with Gasteiger partial charge in [-0.05, 0) is 37.6 Å². The van der Waals surface area contributed by atoms with Gasteiger partial charge in [-0.15, -0.1) is 0 Å². The van der Waals surface area contributed by atoms with Crippen LogP contribution in [-0.2, 0) is 9.59 Å². The van der Waals surface area contributed by atoms with Crippen LogP contribution in [0.1, 0.15) is 20.3 Å². The predicted molar refractivity (Wildman–Crippen MR) is 122 cm³/mol. The van der Waals surface area contributed by atoms with Crippen LogP contribution < -0.4 is 15.5 Å². The van der Waals surface area contributed by atoms with E-state index in [0.717, 1.165) is 17.8 Å². The van der Waals surface area contributed by atoms with Gasteiger partial charge in [0.25, 0.3) is 5.91 Å². The second kappa shape index (κ2) is 10.3. The Balaban J connectivity index is 2.01. The van der Waals surface area contributed by atoms with Gasteiger partial charge in [0.1, 0.15) is 17.3 Å². The number of alkyl halides is 3. The molecule has 0 saturated carbocycles. The van der Waals surface area contributed by atoms with Gasteiger partial charge >= 0.3 is 6.18 Å². The van der Waals surface area contributed by atoms with Crippen molar-refractivity contribution in [2.24, 2.45) is 5.84 Å². The molecule has 2 heterocycles. The summed E-state index contributed by atoms with van der Waals surface area (Å²) in [5.41, 5.74) is -1.86. The summed E-state index contributed by atoms with van der Waals surface area (Å²) >= 11 is 7.21. The number of nitrogens with zero attached hydrogens (tertiary/aromatic N) is 3. The summed E-state index contributed by atoms with van der Waals surface area (Å²) < 4.78 is 60.1. The van der Waals surface area contributed by atoms with E-state index in [1.54, 1.807) is 19.1 Å². The molecule has 13 heteroatoms. The first kappa shape index (κ1) is 26.5. The van der Waals surface area contributed by atoms with Crippen molar-refractivity contribution >= 4 is 40.7 Å². The Morgan fingerprint density at radius 3 is 2.63 bits per heavy atom. The zero-order valence-electron chi connectivity index (χ0n) is 18.4. The number of allylic oxidation sites excluding steroid dienone is 1. The zero-order chi connectivity index (χ0) is 26.1. The number of aromatic nitrogens is 1. The third-order valence-corrected chi connectivity index (χ3v) is 6.36. The van der Waals surface area contributed by atoms with Crippen molar-refractivity contribution in [1.82, 2.24) is 9.99 Å². The highest BCUT2D eigenvalue weighted by atomic mass is 35.5. The first-order valence-electron chi connectivity index (χ1n) is 10.0. The van der Waals surface area contributed by atoms with Gasteiger partial charge in [-0.25, -0.2) is 15.2 Å². The molecule has 0 spiro atoms.